The summed E-state index contributed by atoms with van der Waals surface area (Å²) in [5, 5.41) is 2.70. The third-order valence-electron chi connectivity index (χ3n) is 4.52. The smallest absolute Gasteiger partial charge is 0.422 e. The van der Waals surface area contributed by atoms with E-state index in [1.54, 1.807) is 13.8 Å². The molecule has 2 heterocycles. The second-order valence-electron chi connectivity index (χ2n) is 7.26. The summed E-state index contributed by atoms with van der Waals surface area (Å²) in [4.78, 5) is 36.7. The van der Waals surface area contributed by atoms with Crippen LogP contribution >= 0.6 is 0 Å². The highest BCUT2D eigenvalue weighted by Crippen LogP contribution is 2.30. The molecule has 0 bridgehead atoms. The summed E-state index contributed by atoms with van der Waals surface area (Å²) in [6, 6.07) is 2.91. The van der Waals surface area contributed by atoms with Gasteiger partial charge >= 0.3 is 6.18 Å². The van der Waals surface area contributed by atoms with Gasteiger partial charge in [0.05, 0.1) is 6.42 Å². The third-order valence-corrected chi connectivity index (χ3v) is 4.52. The molecule has 3 rings (SSSR count). The highest BCUT2D eigenvalue weighted by atomic mass is 19.4. The van der Waals surface area contributed by atoms with Crippen LogP contribution in [-0.2, 0) is 17.8 Å². The molecule has 1 aliphatic carbocycles. The number of aromatic nitrogens is 3. The Hall–Kier alpha value is -3.04. The number of hydrogen-bond donors (Lipinski definition) is 1. The van der Waals surface area contributed by atoms with Crippen molar-refractivity contribution in [2.24, 2.45) is 5.92 Å². The Morgan fingerprint density at radius 3 is 2.57 bits per heavy atom. The van der Waals surface area contributed by atoms with Crippen LogP contribution in [-0.4, -0.2) is 39.4 Å². The van der Waals surface area contributed by atoms with E-state index in [0.717, 1.165) is 12.8 Å². The zero-order valence-electron chi connectivity index (χ0n) is 16.5. The minimum Gasteiger partial charge on any atom is -0.468 e. The molecule has 1 fully saturated rings. The van der Waals surface area contributed by atoms with Crippen LogP contribution in [0.2, 0.25) is 0 Å². The zero-order valence-corrected chi connectivity index (χ0v) is 16.5. The highest BCUT2D eigenvalue weighted by Gasteiger charge is 2.30. The van der Waals surface area contributed by atoms with E-state index in [0.29, 0.717) is 22.6 Å². The van der Waals surface area contributed by atoms with Crippen molar-refractivity contribution in [3.8, 4) is 5.88 Å². The highest BCUT2D eigenvalue weighted by molar-refractivity contribution is 5.92. The van der Waals surface area contributed by atoms with Crippen molar-refractivity contribution in [2.75, 3.05) is 6.61 Å². The van der Waals surface area contributed by atoms with E-state index in [9.17, 15) is 22.8 Å². The van der Waals surface area contributed by atoms with E-state index in [-0.39, 0.29) is 36.2 Å². The SMILES string of the molecule is Cc1cc(C(=O)NCc2cnc(OCC(F)(F)F)cc2C)nc(CC(=O)C2CC2)n1. The molecule has 0 aliphatic heterocycles. The fourth-order valence-corrected chi connectivity index (χ4v) is 2.78. The number of ether oxygens (including phenoxy) is 1. The Balaban J connectivity index is 1.61. The van der Waals surface area contributed by atoms with Crippen LogP contribution in [0.15, 0.2) is 18.3 Å². The lowest BCUT2D eigenvalue weighted by atomic mass is 10.1. The number of alkyl halides is 3. The number of nitrogens with zero attached hydrogens (tertiary/aromatic N) is 3. The number of nitrogens with one attached hydrogen (secondary N) is 1. The average molecular weight is 422 g/mol. The molecule has 0 aromatic carbocycles. The zero-order chi connectivity index (χ0) is 21.9. The number of Topliss-reactive ketones (excluding diaryl/α,β-unsaturated/α-hetero) is 1. The van der Waals surface area contributed by atoms with Crippen molar-refractivity contribution in [2.45, 2.75) is 45.8 Å². The number of hydrogen-bond acceptors (Lipinski definition) is 6. The predicted molar refractivity (Wildman–Crippen MR) is 99.9 cm³/mol. The largest absolute Gasteiger partial charge is 0.468 e. The van der Waals surface area contributed by atoms with Gasteiger partial charge in [-0.05, 0) is 43.9 Å². The van der Waals surface area contributed by atoms with Gasteiger partial charge in [0.2, 0.25) is 5.88 Å². The molecule has 0 saturated heterocycles. The summed E-state index contributed by atoms with van der Waals surface area (Å²) < 4.78 is 41.3. The van der Waals surface area contributed by atoms with Crippen molar-refractivity contribution in [1.82, 2.24) is 20.3 Å². The van der Waals surface area contributed by atoms with Crippen LogP contribution in [0.25, 0.3) is 0 Å². The van der Waals surface area contributed by atoms with E-state index in [1.807, 2.05) is 0 Å². The molecule has 1 aliphatic rings. The molecule has 1 saturated carbocycles. The van der Waals surface area contributed by atoms with Gasteiger partial charge in [0.15, 0.2) is 6.61 Å². The number of carbonyl (C=O) groups excluding carboxylic acids is 2. The van der Waals surface area contributed by atoms with Gasteiger partial charge in [-0.1, -0.05) is 0 Å². The third kappa shape index (κ3) is 6.23. The van der Waals surface area contributed by atoms with Gasteiger partial charge in [-0.3, -0.25) is 9.59 Å². The molecule has 0 unspecified atom stereocenters. The van der Waals surface area contributed by atoms with Crippen molar-refractivity contribution in [3.63, 3.8) is 0 Å². The number of pyridine rings is 1. The van der Waals surface area contributed by atoms with Crippen LogP contribution in [0.1, 0.15) is 46.0 Å². The monoisotopic (exact) mass is 422 g/mol. The minimum absolute atomic E-state index is 0.0847. The molecule has 10 heteroatoms. The standard InChI is InChI=1S/C20H21F3N4O3/c1-11-5-18(30-10-20(21,22)23)24-8-14(11)9-25-19(29)15-6-12(2)26-17(27-15)7-16(28)13-3-4-13/h5-6,8,13H,3-4,7,9-10H2,1-2H3,(H,25,29). The van der Waals surface area contributed by atoms with Gasteiger partial charge in [0.25, 0.3) is 5.91 Å². The first-order valence-corrected chi connectivity index (χ1v) is 9.41. The second-order valence-corrected chi connectivity index (χ2v) is 7.26. The minimum atomic E-state index is -4.44. The number of rotatable bonds is 8. The van der Waals surface area contributed by atoms with E-state index >= 15 is 0 Å². The average Bonchev–Trinajstić information content (AvgIpc) is 3.49. The number of amides is 1. The quantitative estimate of drug-likeness (QED) is 0.703. The van der Waals surface area contributed by atoms with Gasteiger partial charge in [-0.15, -0.1) is 0 Å². The Kier molecular flexibility index (Phi) is 6.33. The van der Waals surface area contributed by atoms with E-state index in [2.05, 4.69) is 25.0 Å². The summed E-state index contributed by atoms with van der Waals surface area (Å²) in [7, 11) is 0. The fourth-order valence-electron chi connectivity index (χ4n) is 2.78. The fraction of sp³-hybridized carbons (Fsp3) is 0.450. The Morgan fingerprint density at radius 2 is 1.93 bits per heavy atom. The van der Waals surface area contributed by atoms with Crippen LogP contribution in [0.5, 0.6) is 5.88 Å². The Bertz CT molecular complexity index is 959. The predicted octanol–water partition coefficient (Wildman–Crippen LogP) is 2.88. The molecule has 0 radical (unpaired) electrons. The van der Waals surface area contributed by atoms with Crippen LogP contribution in [0.3, 0.4) is 0 Å². The second kappa shape index (κ2) is 8.76. The lowest BCUT2D eigenvalue weighted by Gasteiger charge is -2.11. The Labute approximate surface area is 171 Å². The first-order chi connectivity index (χ1) is 14.1. The molecule has 1 amide bonds. The first-order valence-electron chi connectivity index (χ1n) is 9.41. The first kappa shape index (κ1) is 21.7. The number of halogens is 3. The van der Waals surface area contributed by atoms with Crippen LogP contribution in [0, 0.1) is 19.8 Å². The van der Waals surface area contributed by atoms with Crippen molar-refractivity contribution in [3.05, 3.63) is 46.7 Å². The van der Waals surface area contributed by atoms with Gasteiger partial charge in [-0.25, -0.2) is 15.0 Å². The van der Waals surface area contributed by atoms with Crippen molar-refractivity contribution < 1.29 is 27.5 Å². The van der Waals surface area contributed by atoms with Gasteiger partial charge in [0, 0.05) is 30.4 Å². The topological polar surface area (TPSA) is 94.1 Å². The maximum Gasteiger partial charge on any atom is 0.422 e. The number of aryl methyl sites for hydroxylation is 2. The van der Waals surface area contributed by atoms with Crippen LogP contribution < -0.4 is 10.1 Å². The van der Waals surface area contributed by atoms with E-state index in [4.69, 9.17) is 0 Å². The maximum absolute atomic E-state index is 12.5. The maximum atomic E-state index is 12.5. The van der Waals surface area contributed by atoms with E-state index < -0.39 is 18.7 Å². The van der Waals surface area contributed by atoms with Gasteiger partial charge in [-0.2, -0.15) is 13.2 Å². The van der Waals surface area contributed by atoms with Gasteiger partial charge in [0.1, 0.15) is 17.3 Å². The molecule has 2 aromatic rings. The summed E-state index contributed by atoms with van der Waals surface area (Å²) in [5.74, 6) is -0.0961. The normalized spacial score (nSPS) is 13.8. The lowest BCUT2D eigenvalue weighted by molar-refractivity contribution is -0.154. The van der Waals surface area contributed by atoms with Gasteiger partial charge < -0.3 is 10.1 Å². The summed E-state index contributed by atoms with van der Waals surface area (Å²) in [6.45, 7) is 2.09. The molecule has 7 nitrogen and oxygen atoms in total. The molecule has 1 N–H and O–H groups in total. The number of carbonyl (C=O) groups is 2. The van der Waals surface area contributed by atoms with Crippen LogP contribution in [0.4, 0.5) is 13.2 Å². The number of ketones is 1. The van der Waals surface area contributed by atoms with Crippen molar-refractivity contribution in [1.29, 1.82) is 0 Å². The lowest BCUT2D eigenvalue weighted by Crippen LogP contribution is -2.25. The molecule has 0 spiro atoms. The van der Waals surface area contributed by atoms with E-state index in [1.165, 1.54) is 18.3 Å². The summed E-state index contributed by atoms with van der Waals surface area (Å²) in [6.07, 6.45) is -1.20. The molecular formula is C20H21F3N4O3. The summed E-state index contributed by atoms with van der Waals surface area (Å²) in [5.41, 5.74) is 1.98. The molecular weight excluding hydrogens is 401 g/mol. The molecule has 160 valence electrons. The van der Waals surface area contributed by atoms with Crippen molar-refractivity contribution >= 4 is 11.7 Å². The summed E-state index contributed by atoms with van der Waals surface area (Å²) >= 11 is 0. The molecule has 30 heavy (non-hydrogen) atoms. The Morgan fingerprint density at radius 1 is 1.20 bits per heavy atom. The molecule has 2 aromatic heterocycles. The molecule has 0 atom stereocenters.